The lowest BCUT2D eigenvalue weighted by Gasteiger charge is -2.11. The fourth-order valence-corrected chi connectivity index (χ4v) is 2.64. The highest BCUT2D eigenvalue weighted by Crippen LogP contribution is 2.31. The Morgan fingerprint density at radius 2 is 2.00 bits per heavy atom. The number of esters is 1. The topological polar surface area (TPSA) is 73.9 Å². The van der Waals surface area contributed by atoms with E-state index in [0.29, 0.717) is 11.3 Å². The van der Waals surface area contributed by atoms with E-state index >= 15 is 0 Å². The second kappa shape index (κ2) is 7.65. The van der Waals surface area contributed by atoms with Gasteiger partial charge in [0.2, 0.25) is 0 Å². The van der Waals surface area contributed by atoms with E-state index in [9.17, 15) is 4.79 Å². The molecule has 0 spiro atoms. The highest BCUT2D eigenvalue weighted by molar-refractivity contribution is 8.07. The van der Waals surface area contributed by atoms with Gasteiger partial charge in [0.15, 0.2) is 0 Å². The predicted octanol–water partition coefficient (Wildman–Crippen LogP) is 2.94. The van der Waals surface area contributed by atoms with Crippen LogP contribution in [0.1, 0.15) is 21.2 Å². The molecule has 0 fully saturated rings. The summed E-state index contributed by atoms with van der Waals surface area (Å²) in [4.78, 5) is 11.3. The second-order valence-electron chi connectivity index (χ2n) is 3.21. The maximum Gasteiger partial charge on any atom is 0.337 e. The average molecular weight is 278 g/mol. The summed E-state index contributed by atoms with van der Waals surface area (Å²) in [5.41, 5.74) is 1.38. The van der Waals surface area contributed by atoms with E-state index in [4.69, 9.17) is 10.5 Å². The Hall–Kier alpha value is -1.63. The standard InChI is InChI=1S/C12H10N2O2S2/c1-16-12(15)10-4-2-9(3-5-10)11(18-8-14)6-17-7-13/h2-5,11H,6H2,1H3. The molecule has 0 N–H and O–H groups in total. The Morgan fingerprint density at radius 1 is 1.33 bits per heavy atom. The number of nitriles is 2. The third-order valence-electron chi connectivity index (χ3n) is 2.20. The Bertz CT molecular complexity index is 488. The number of thioether (sulfide) groups is 2. The highest BCUT2D eigenvalue weighted by Gasteiger charge is 2.13. The van der Waals surface area contributed by atoms with E-state index in [1.54, 1.807) is 24.3 Å². The van der Waals surface area contributed by atoms with Gasteiger partial charge in [-0.15, -0.1) is 0 Å². The minimum atomic E-state index is -0.391. The molecule has 4 nitrogen and oxygen atoms in total. The van der Waals surface area contributed by atoms with Gasteiger partial charge in [-0.05, 0) is 41.2 Å². The fourth-order valence-electron chi connectivity index (χ4n) is 1.33. The van der Waals surface area contributed by atoms with Gasteiger partial charge in [0.05, 0.1) is 17.9 Å². The molecule has 6 heteroatoms. The van der Waals surface area contributed by atoms with E-state index < -0.39 is 5.97 Å². The van der Waals surface area contributed by atoms with Crippen LogP contribution >= 0.6 is 23.5 Å². The van der Waals surface area contributed by atoms with Crippen LogP contribution in [0.4, 0.5) is 0 Å². The van der Waals surface area contributed by atoms with Crippen molar-refractivity contribution >= 4 is 29.5 Å². The molecule has 0 amide bonds. The summed E-state index contributed by atoms with van der Waals surface area (Å²) in [6.45, 7) is 0. The number of carbonyl (C=O) groups excluding carboxylic acids is 1. The van der Waals surface area contributed by atoms with Crippen LogP contribution in [0, 0.1) is 21.3 Å². The highest BCUT2D eigenvalue weighted by atomic mass is 32.2. The van der Waals surface area contributed by atoms with Gasteiger partial charge in [0, 0.05) is 5.75 Å². The van der Waals surface area contributed by atoms with E-state index in [1.165, 1.54) is 7.11 Å². The minimum absolute atomic E-state index is 0.0775. The molecule has 0 aliphatic carbocycles. The van der Waals surface area contributed by atoms with Crippen molar-refractivity contribution < 1.29 is 9.53 Å². The number of rotatable bonds is 5. The summed E-state index contributed by atoms with van der Waals surface area (Å²) in [5.74, 6) is 0.143. The number of carbonyl (C=O) groups is 1. The fraction of sp³-hybridized carbons (Fsp3) is 0.250. The quantitative estimate of drug-likeness (QED) is 0.609. The first-order chi connectivity index (χ1) is 8.72. The van der Waals surface area contributed by atoms with Crippen LogP contribution in [0.25, 0.3) is 0 Å². The predicted molar refractivity (Wildman–Crippen MR) is 71.8 cm³/mol. The smallest absolute Gasteiger partial charge is 0.337 e. The van der Waals surface area contributed by atoms with Gasteiger partial charge in [-0.25, -0.2) is 4.79 Å². The van der Waals surface area contributed by atoms with Crippen molar-refractivity contribution in [1.29, 1.82) is 10.5 Å². The minimum Gasteiger partial charge on any atom is -0.465 e. The Labute approximate surface area is 114 Å². The van der Waals surface area contributed by atoms with Gasteiger partial charge < -0.3 is 4.74 Å². The normalized spacial score (nSPS) is 11.1. The van der Waals surface area contributed by atoms with Gasteiger partial charge in [-0.1, -0.05) is 12.1 Å². The third kappa shape index (κ3) is 3.99. The first-order valence-corrected chi connectivity index (χ1v) is 6.83. The number of hydrogen-bond acceptors (Lipinski definition) is 6. The Balaban J connectivity index is 2.84. The van der Waals surface area contributed by atoms with E-state index in [0.717, 1.165) is 29.1 Å². The molecule has 1 aromatic rings. The van der Waals surface area contributed by atoms with Crippen LogP contribution in [0.15, 0.2) is 24.3 Å². The maximum absolute atomic E-state index is 11.3. The second-order valence-corrected chi connectivity index (χ2v) is 5.01. The lowest BCUT2D eigenvalue weighted by Crippen LogP contribution is -2.02. The average Bonchev–Trinajstić information content (AvgIpc) is 2.43. The zero-order valence-corrected chi connectivity index (χ0v) is 11.3. The van der Waals surface area contributed by atoms with Gasteiger partial charge in [0.1, 0.15) is 10.8 Å². The summed E-state index contributed by atoms with van der Waals surface area (Å²) < 4.78 is 4.61. The first kappa shape index (κ1) is 14.4. The molecule has 0 saturated heterocycles. The van der Waals surface area contributed by atoms with Gasteiger partial charge in [-0.2, -0.15) is 10.5 Å². The molecule has 1 rings (SSSR count). The van der Waals surface area contributed by atoms with Crippen molar-refractivity contribution in [2.45, 2.75) is 5.25 Å². The number of methoxy groups -OCH3 is 1. The van der Waals surface area contributed by atoms with Crippen molar-refractivity contribution in [2.24, 2.45) is 0 Å². The summed E-state index contributed by atoms with van der Waals surface area (Å²) in [6, 6.07) is 6.87. The molecule has 0 saturated carbocycles. The van der Waals surface area contributed by atoms with Crippen LogP contribution in [0.5, 0.6) is 0 Å². The number of hydrogen-bond donors (Lipinski definition) is 0. The zero-order chi connectivity index (χ0) is 13.4. The summed E-state index contributed by atoms with van der Waals surface area (Å²) in [6.07, 6.45) is 0. The Kier molecular flexibility index (Phi) is 6.13. The largest absolute Gasteiger partial charge is 0.465 e. The summed E-state index contributed by atoms with van der Waals surface area (Å²) >= 11 is 2.21. The summed E-state index contributed by atoms with van der Waals surface area (Å²) in [5, 5.41) is 21.2. The molecule has 1 unspecified atom stereocenters. The number of benzene rings is 1. The number of ether oxygens (including phenoxy) is 1. The van der Waals surface area contributed by atoms with Crippen molar-refractivity contribution in [1.82, 2.24) is 0 Å². The number of thiocyanates is 2. The van der Waals surface area contributed by atoms with E-state index in [1.807, 2.05) is 10.8 Å². The molecule has 1 atom stereocenters. The van der Waals surface area contributed by atoms with Crippen molar-refractivity contribution in [3.8, 4) is 10.8 Å². The molecular formula is C12H10N2O2S2. The molecule has 0 aliphatic rings. The van der Waals surface area contributed by atoms with Gasteiger partial charge in [-0.3, -0.25) is 0 Å². The van der Waals surface area contributed by atoms with Crippen molar-refractivity contribution in [3.05, 3.63) is 35.4 Å². The maximum atomic E-state index is 11.3. The summed E-state index contributed by atoms with van der Waals surface area (Å²) in [7, 11) is 1.33. The molecule has 18 heavy (non-hydrogen) atoms. The van der Waals surface area contributed by atoms with Gasteiger partial charge >= 0.3 is 5.97 Å². The van der Waals surface area contributed by atoms with Crippen molar-refractivity contribution in [2.75, 3.05) is 12.9 Å². The molecule has 0 radical (unpaired) electrons. The lowest BCUT2D eigenvalue weighted by atomic mass is 10.1. The molecule has 0 aromatic heterocycles. The first-order valence-electron chi connectivity index (χ1n) is 4.96. The van der Waals surface area contributed by atoms with Gasteiger partial charge in [0.25, 0.3) is 0 Å². The van der Waals surface area contributed by atoms with Crippen LogP contribution in [0.3, 0.4) is 0 Å². The van der Waals surface area contributed by atoms with E-state index in [2.05, 4.69) is 4.74 Å². The van der Waals surface area contributed by atoms with Crippen LogP contribution in [-0.4, -0.2) is 18.8 Å². The zero-order valence-electron chi connectivity index (χ0n) is 9.62. The molecule has 0 aliphatic heterocycles. The van der Waals surface area contributed by atoms with E-state index in [-0.39, 0.29) is 5.25 Å². The van der Waals surface area contributed by atoms with Crippen LogP contribution in [-0.2, 0) is 4.74 Å². The lowest BCUT2D eigenvalue weighted by molar-refractivity contribution is 0.0600. The molecule has 0 heterocycles. The SMILES string of the molecule is COC(=O)c1ccc(C(CSC#N)SC#N)cc1. The third-order valence-corrected chi connectivity index (χ3v) is 3.87. The van der Waals surface area contributed by atoms with Crippen LogP contribution < -0.4 is 0 Å². The Morgan fingerprint density at radius 3 is 2.50 bits per heavy atom. The number of nitrogens with zero attached hydrogens (tertiary/aromatic N) is 2. The monoisotopic (exact) mass is 278 g/mol. The van der Waals surface area contributed by atoms with Crippen molar-refractivity contribution in [3.63, 3.8) is 0 Å². The molecule has 0 bridgehead atoms. The molecular weight excluding hydrogens is 268 g/mol. The van der Waals surface area contributed by atoms with Crippen LogP contribution in [0.2, 0.25) is 0 Å². The molecule has 1 aromatic carbocycles. The molecule has 92 valence electrons.